The molecule has 7 nitrogen and oxygen atoms in total. The predicted molar refractivity (Wildman–Crippen MR) is 89.5 cm³/mol. The minimum Gasteiger partial charge on any atom is -0.486 e. The number of rotatable bonds is 3. The second-order valence-corrected chi connectivity index (χ2v) is 6.12. The van der Waals surface area contributed by atoms with E-state index in [1.807, 2.05) is 11.9 Å². The van der Waals surface area contributed by atoms with Crippen LogP contribution in [0.2, 0.25) is 0 Å². The lowest BCUT2D eigenvalue weighted by molar-refractivity contribution is -0.132. The number of fused-ring (bicyclic) bond motifs is 1. The first kappa shape index (κ1) is 16.6. The molecule has 1 fully saturated rings. The number of amides is 2. The lowest BCUT2D eigenvalue weighted by atomic mass is 10.2. The maximum Gasteiger partial charge on any atom is 0.242 e. The number of piperazine rings is 1. The molecule has 2 heterocycles. The Hall–Kier alpha value is -2.28. The second-order valence-electron chi connectivity index (χ2n) is 6.12. The number of nitrogens with zero attached hydrogens (tertiary/aromatic N) is 3. The van der Waals surface area contributed by atoms with Crippen LogP contribution in [0.15, 0.2) is 18.2 Å². The van der Waals surface area contributed by atoms with Crippen molar-refractivity contribution in [1.82, 2.24) is 9.80 Å². The summed E-state index contributed by atoms with van der Waals surface area (Å²) in [7, 11) is 2.04. The molecule has 1 aromatic carbocycles. The van der Waals surface area contributed by atoms with Gasteiger partial charge >= 0.3 is 0 Å². The van der Waals surface area contributed by atoms with E-state index in [-0.39, 0.29) is 18.4 Å². The molecule has 1 aromatic rings. The van der Waals surface area contributed by atoms with Crippen molar-refractivity contribution in [2.75, 3.05) is 57.9 Å². The molecule has 3 rings (SSSR count). The van der Waals surface area contributed by atoms with Crippen LogP contribution < -0.4 is 14.4 Å². The van der Waals surface area contributed by atoms with E-state index in [2.05, 4.69) is 4.90 Å². The van der Waals surface area contributed by atoms with Crippen LogP contribution in [0, 0.1) is 0 Å². The maximum absolute atomic E-state index is 12.5. The Labute approximate surface area is 141 Å². The van der Waals surface area contributed by atoms with Gasteiger partial charge in [0.15, 0.2) is 11.5 Å². The number of carbonyl (C=O) groups is 2. The Morgan fingerprint density at radius 1 is 1.08 bits per heavy atom. The van der Waals surface area contributed by atoms with Gasteiger partial charge in [-0.05, 0) is 19.2 Å². The number of hydrogen-bond donors (Lipinski definition) is 0. The maximum atomic E-state index is 12.5. The first-order valence-corrected chi connectivity index (χ1v) is 8.18. The topological polar surface area (TPSA) is 62.3 Å². The number of anilines is 1. The summed E-state index contributed by atoms with van der Waals surface area (Å²) in [5, 5.41) is 0. The molecule has 0 bridgehead atoms. The second kappa shape index (κ2) is 7.09. The Morgan fingerprint density at radius 2 is 1.75 bits per heavy atom. The fourth-order valence-corrected chi connectivity index (χ4v) is 2.88. The van der Waals surface area contributed by atoms with Crippen LogP contribution in [0.4, 0.5) is 5.69 Å². The summed E-state index contributed by atoms with van der Waals surface area (Å²) in [6.07, 6.45) is 0. The van der Waals surface area contributed by atoms with E-state index in [0.29, 0.717) is 43.5 Å². The monoisotopic (exact) mass is 333 g/mol. The van der Waals surface area contributed by atoms with Crippen molar-refractivity contribution in [1.29, 1.82) is 0 Å². The number of hydrogen-bond acceptors (Lipinski definition) is 5. The lowest BCUT2D eigenvalue weighted by Crippen LogP contribution is -2.50. The molecule has 130 valence electrons. The summed E-state index contributed by atoms with van der Waals surface area (Å²) in [6.45, 7) is 5.62. The average molecular weight is 333 g/mol. The highest BCUT2D eigenvalue weighted by Gasteiger charge is 2.24. The van der Waals surface area contributed by atoms with Crippen molar-refractivity contribution in [2.24, 2.45) is 0 Å². The SMILES string of the molecule is CC(=O)N(CC(=O)N1CCN(C)CC1)c1ccc2c(c1)OCCO2. The Bertz CT molecular complexity index is 626. The van der Waals surface area contributed by atoms with Gasteiger partial charge in [0, 0.05) is 44.9 Å². The van der Waals surface area contributed by atoms with Gasteiger partial charge < -0.3 is 24.2 Å². The Kier molecular flexibility index (Phi) is 4.89. The smallest absolute Gasteiger partial charge is 0.242 e. The summed E-state index contributed by atoms with van der Waals surface area (Å²) in [5.74, 6) is 1.07. The normalized spacial score (nSPS) is 17.5. The molecule has 2 amide bonds. The van der Waals surface area contributed by atoms with Gasteiger partial charge in [0.1, 0.15) is 19.8 Å². The molecule has 0 radical (unpaired) electrons. The molecule has 2 aliphatic rings. The summed E-state index contributed by atoms with van der Waals surface area (Å²) in [5.41, 5.74) is 0.647. The standard InChI is InChI=1S/C17H23N3O4/c1-13(21)20(12-17(22)19-7-5-18(2)6-8-19)14-3-4-15-16(11-14)24-10-9-23-15/h3-4,11H,5-10,12H2,1-2H3. The van der Waals surface area contributed by atoms with Crippen LogP contribution in [0.3, 0.4) is 0 Å². The van der Waals surface area contributed by atoms with Crippen molar-refractivity contribution >= 4 is 17.5 Å². The summed E-state index contributed by atoms with van der Waals surface area (Å²) < 4.78 is 11.1. The Morgan fingerprint density at radius 3 is 2.42 bits per heavy atom. The molecule has 7 heteroatoms. The molecule has 1 saturated heterocycles. The van der Waals surface area contributed by atoms with Crippen LogP contribution >= 0.6 is 0 Å². The highest BCUT2D eigenvalue weighted by molar-refractivity contribution is 5.97. The van der Waals surface area contributed by atoms with Crippen molar-refractivity contribution < 1.29 is 19.1 Å². The molecule has 0 atom stereocenters. The van der Waals surface area contributed by atoms with E-state index >= 15 is 0 Å². The fraction of sp³-hybridized carbons (Fsp3) is 0.529. The van der Waals surface area contributed by atoms with Crippen LogP contribution in [0.1, 0.15) is 6.92 Å². The number of carbonyl (C=O) groups excluding carboxylic acids is 2. The van der Waals surface area contributed by atoms with E-state index in [0.717, 1.165) is 13.1 Å². The third kappa shape index (κ3) is 3.62. The first-order valence-electron chi connectivity index (χ1n) is 8.18. The van der Waals surface area contributed by atoms with Crippen LogP contribution in [0.25, 0.3) is 0 Å². The van der Waals surface area contributed by atoms with Gasteiger partial charge in [-0.25, -0.2) is 0 Å². The van der Waals surface area contributed by atoms with Gasteiger partial charge in [0.25, 0.3) is 0 Å². The van der Waals surface area contributed by atoms with Crippen LogP contribution in [0.5, 0.6) is 11.5 Å². The fourth-order valence-electron chi connectivity index (χ4n) is 2.88. The summed E-state index contributed by atoms with van der Waals surface area (Å²) in [4.78, 5) is 30.1. The van der Waals surface area contributed by atoms with Gasteiger partial charge in [-0.15, -0.1) is 0 Å². The Balaban J connectivity index is 1.73. The molecular weight excluding hydrogens is 310 g/mol. The molecule has 0 spiro atoms. The number of benzene rings is 1. The minimum absolute atomic E-state index is 0.0341. The van der Waals surface area contributed by atoms with E-state index in [1.54, 1.807) is 18.2 Å². The largest absolute Gasteiger partial charge is 0.486 e. The summed E-state index contributed by atoms with van der Waals surface area (Å²) in [6, 6.07) is 5.32. The van der Waals surface area contributed by atoms with E-state index in [4.69, 9.17) is 9.47 Å². The third-order valence-electron chi connectivity index (χ3n) is 4.37. The quantitative estimate of drug-likeness (QED) is 0.810. The van der Waals surface area contributed by atoms with Gasteiger partial charge in [0.05, 0.1) is 0 Å². The number of ether oxygens (including phenoxy) is 2. The zero-order chi connectivity index (χ0) is 17.1. The predicted octanol–water partition coefficient (Wildman–Crippen LogP) is 0.585. The van der Waals surface area contributed by atoms with E-state index in [1.165, 1.54) is 11.8 Å². The first-order chi connectivity index (χ1) is 11.5. The molecule has 0 aliphatic carbocycles. The van der Waals surface area contributed by atoms with Gasteiger partial charge in [-0.1, -0.05) is 0 Å². The lowest BCUT2D eigenvalue weighted by Gasteiger charge is -2.34. The molecular formula is C17H23N3O4. The minimum atomic E-state index is -0.172. The summed E-state index contributed by atoms with van der Waals surface area (Å²) >= 11 is 0. The van der Waals surface area contributed by atoms with Gasteiger partial charge in [0.2, 0.25) is 11.8 Å². The molecule has 0 saturated carbocycles. The molecule has 2 aliphatic heterocycles. The van der Waals surface area contributed by atoms with E-state index in [9.17, 15) is 9.59 Å². The van der Waals surface area contributed by atoms with Gasteiger partial charge in [-0.2, -0.15) is 0 Å². The molecule has 24 heavy (non-hydrogen) atoms. The highest BCUT2D eigenvalue weighted by atomic mass is 16.6. The van der Waals surface area contributed by atoms with Crippen molar-refractivity contribution in [2.45, 2.75) is 6.92 Å². The molecule has 0 N–H and O–H groups in total. The zero-order valence-electron chi connectivity index (χ0n) is 14.2. The van der Waals surface area contributed by atoms with Crippen LogP contribution in [-0.2, 0) is 9.59 Å². The van der Waals surface area contributed by atoms with Crippen molar-refractivity contribution in [3.63, 3.8) is 0 Å². The van der Waals surface area contributed by atoms with Crippen molar-refractivity contribution in [3.05, 3.63) is 18.2 Å². The zero-order valence-corrected chi connectivity index (χ0v) is 14.2. The van der Waals surface area contributed by atoms with Crippen molar-refractivity contribution in [3.8, 4) is 11.5 Å². The van der Waals surface area contributed by atoms with E-state index < -0.39 is 0 Å². The molecule has 0 aromatic heterocycles. The average Bonchev–Trinajstić information content (AvgIpc) is 2.59. The molecule has 0 unspecified atom stereocenters. The number of likely N-dealkylation sites (N-methyl/N-ethyl adjacent to an activating group) is 1. The third-order valence-corrected chi connectivity index (χ3v) is 4.37. The van der Waals surface area contributed by atoms with Crippen LogP contribution in [-0.4, -0.2) is 74.6 Å². The highest BCUT2D eigenvalue weighted by Crippen LogP contribution is 2.34. The van der Waals surface area contributed by atoms with Gasteiger partial charge in [-0.3, -0.25) is 9.59 Å².